The predicted molar refractivity (Wildman–Crippen MR) is 115 cm³/mol. The summed E-state index contributed by atoms with van der Waals surface area (Å²) in [5.74, 6) is 0.663. The standard InChI is InChI=1S/C21H25N5O4S/c1-21(7-8-21)23-31(29,30)16-5-6-18-17(9-16)19(27)26(20(28)24(18)2)13-15-10-22-25(12-15)11-14-3-4-14/h5-6,9-10,12,14,23H,3-4,7-8,11,13H2,1-2H3. The molecule has 0 bridgehead atoms. The van der Waals surface area contributed by atoms with Crippen molar-refractivity contribution < 1.29 is 8.42 Å². The summed E-state index contributed by atoms with van der Waals surface area (Å²) in [5, 5.41) is 4.52. The highest BCUT2D eigenvalue weighted by Gasteiger charge is 2.41. The first-order valence-electron chi connectivity index (χ1n) is 10.4. The van der Waals surface area contributed by atoms with Crippen LogP contribution in [0.15, 0.2) is 45.1 Å². The first-order chi connectivity index (χ1) is 14.7. The van der Waals surface area contributed by atoms with Crippen molar-refractivity contribution in [2.75, 3.05) is 0 Å². The van der Waals surface area contributed by atoms with Crippen LogP contribution in [0.25, 0.3) is 10.9 Å². The van der Waals surface area contributed by atoms with Crippen LogP contribution in [-0.4, -0.2) is 32.9 Å². The van der Waals surface area contributed by atoms with Crippen LogP contribution in [-0.2, 0) is 30.2 Å². The molecule has 0 aliphatic heterocycles. The van der Waals surface area contributed by atoms with E-state index in [9.17, 15) is 18.0 Å². The van der Waals surface area contributed by atoms with Crippen molar-refractivity contribution >= 4 is 20.9 Å². The van der Waals surface area contributed by atoms with Gasteiger partial charge >= 0.3 is 5.69 Å². The Bertz CT molecular complexity index is 1410. The molecule has 0 unspecified atom stereocenters. The molecule has 5 rings (SSSR count). The maximum absolute atomic E-state index is 13.2. The minimum Gasteiger partial charge on any atom is -0.296 e. The highest BCUT2D eigenvalue weighted by molar-refractivity contribution is 7.89. The largest absolute Gasteiger partial charge is 0.331 e. The molecule has 2 aliphatic carbocycles. The zero-order valence-corrected chi connectivity index (χ0v) is 18.4. The zero-order chi connectivity index (χ0) is 22.0. The van der Waals surface area contributed by atoms with Crippen LogP contribution in [0.2, 0.25) is 0 Å². The summed E-state index contributed by atoms with van der Waals surface area (Å²) in [7, 11) is -2.18. The maximum Gasteiger partial charge on any atom is 0.331 e. The molecule has 2 heterocycles. The molecule has 164 valence electrons. The number of benzene rings is 1. The van der Waals surface area contributed by atoms with Gasteiger partial charge < -0.3 is 0 Å². The molecule has 0 radical (unpaired) electrons. The number of nitrogens with zero attached hydrogens (tertiary/aromatic N) is 4. The van der Waals surface area contributed by atoms with Gasteiger partial charge in [-0.05, 0) is 56.7 Å². The SMILES string of the molecule is Cn1c(=O)n(Cc2cnn(CC3CC3)c2)c(=O)c2cc(S(=O)(=O)NC3(C)CC3)ccc21. The lowest BCUT2D eigenvalue weighted by atomic mass is 10.2. The van der Waals surface area contributed by atoms with Gasteiger partial charge in [0.15, 0.2) is 0 Å². The molecule has 2 saturated carbocycles. The third-order valence-electron chi connectivity index (χ3n) is 6.18. The molecule has 1 N–H and O–H groups in total. The molecule has 2 aliphatic rings. The van der Waals surface area contributed by atoms with Crippen LogP contribution in [0, 0.1) is 5.92 Å². The summed E-state index contributed by atoms with van der Waals surface area (Å²) in [4.78, 5) is 26.1. The summed E-state index contributed by atoms with van der Waals surface area (Å²) < 4.78 is 32.6. The van der Waals surface area contributed by atoms with Gasteiger partial charge in [-0.25, -0.2) is 17.9 Å². The Balaban J connectivity index is 1.54. The number of hydrogen-bond donors (Lipinski definition) is 1. The minimum absolute atomic E-state index is 0.0210. The maximum atomic E-state index is 13.2. The number of rotatable bonds is 7. The summed E-state index contributed by atoms with van der Waals surface area (Å²) in [6, 6.07) is 4.31. The zero-order valence-electron chi connectivity index (χ0n) is 17.5. The monoisotopic (exact) mass is 443 g/mol. The second kappa shape index (κ2) is 6.89. The van der Waals surface area contributed by atoms with E-state index in [1.807, 2.05) is 17.8 Å². The number of aryl methyl sites for hydroxylation is 1. The fourth-order valence-electron chi connectivity index (χ4n) is 3.81. The van der Waals surface area contributed by atoms with Gasteiger partial charge in [0.05, 0.1) is 28.5 Å². The Morgan fingerprint density at radius 2 is 1.97 bits per heavy atom. The fourth-order valence-corrected chi connectivity index (χ4v) is 5.30. The number of hydrogen-bond acceptors (Lipinski definition) is 5. The normalized spacial score (nSPS) is 17.9. The molecular weight excluding hydrogens is 418 g/mol. The van der Waals surface area contributed by atoms with E-state index in [1.165, 1.54) is 35.6 Å². The Hall–Kier alpha value is -2.72. The van der Waals surface area contributed by atoms with Gasteiger partial charge in [-0.2, -0.15) is 5.10 Å². The van der Waals surface area contributed by atoms with Crippen LogP contribution in [0.5, 0.6) is 0 Å². The Kier molecular flexibility index (Phi) is 4.49. The molecule has 3 aromatic rings. The van der Waals surface area contributed by atoms with Gasteiger partial charge in [0, 0.05) is 30.9 Å². The second-order valence-corrected chi connectivity index (χ2v) is 10.8. The highest BCUT2D eigenvalue weighted by Crippen LogP contribution is 2.36. The fraction of sp³-hybridized carbons (Fsp3) is 0.476. The lowest BCUT2D eigenvalue weighted by molar-refractivity contribution is 0.558. The predicted octanol–water partition coefficient (Wildman–Crippen LogP) is 1.19. The first-order valence-corrected chi connectivity index (χ1v) is 11.9. The smallest absolute Gasteiger partial charge is 0.296 e. The van der Waals surface area contributed by atoms with E-state index in [2.05, 4.69) is 9.82 Å². The van der Waals surface area contributed by atoms with Crippen molar-refractivity contribution in [2.45, 2.75) is 56.1 Å². The van der Waals surface area contributed by atoms with Gasteiger partial charge in [0.25, 0.3) is 5.56 Å². The average Bonchev–Trinajstić information content (AvgIpc) is 3.63. The first kappa shape index (κ1) is 20.2. The van der Waals surface area contributed by atoms with Gasteiger partial charge in [0.2, 0.25) is 10.0 Å². The van der Waals surface area contributed by atoms with Crippen molar-refractivity contribution in [1.82, 2.24) is 23.6 Å². The number of sulfonamides is 1. The number of nitrogens with one attached hydrogen (secondary N) is 1. The molecule has 2 aromatic heterocycles. The third kappa shape index (κ3) is 3.85. The van der Waals surface area contributed by atoms with Crippen molar-refractivity contribution in [3.8, 4) is 0 Å². The lowest BCUT2D eigenvalue weighted by Gasteiger charge is -2.14. The molecule has 2 fully saturated rings. The topological polar surface area (TPSA) is 108 Å². The summed E-state index contributed by atoms with van der Waals surface area (Å²) in [6.45, 7) is 2.78. The summed E-state index contributed by atoms with van der Waals surface area (Å²) in [5.41, 5.74) is -0.231. The van der Waals surface area contributed by atoms with Crippen LogP contribution < -0.4 is 16.0 Å². The van der Waals surface area contributed by atoms with Crippen molar-refractivity contribution in [3.63, 3.8) is 0 Å². The van der Waals surface area contributed by atoms with Crippen molar-refractivity contribution in [2.24, 2.45) is 13.0 Å². The van der Waals surface area contributed by atoms with Crippen molar-refractivity contribution in [3.05, 3.63) is 57.0 Å². The quantitative estimate of drug-likeness (QED) is 0.590. The Morgan fingerprint density at radius 1 is 1.23 bits per heavy atom. The number of aromatic nitrogens is 4. The lowest BCUT2D eigenvalue weighted by Crippen LogP contribution is -2.39. The Morgan fingerprint density at radius 3 is 2.65 bits per heavy atom. The van der Waals surface area contributed by atoms with E-state index in [-0.39, 0.29) is 16.8 Å². The molecule has 0 spiro atoms. The molecular formula is C21H25N5O4S. The number of fused-ring (bicyclic) bond motifs is 1. The molecule has 31 heavy (non-hydrogen) atoms. The Labute approximate surface area is 179 Å². The molecule has 0 atom stereocenters. The van der Waals surface area contributed by atoms with Crippen LogP contribution in [0.4, 0.5) is 0 Å². The van der Waals surface area contributed by atoms with E-state index < -0.39 is 26.8 Å². The van der Waals surface area contributed by atoms with Gasteiger partial charge in [-0.1, -0.05) is 0 Å². The molecule has 9 nitrogen and oxygen atoms in total. The molecule has 10 heteroatoms. The van der Waals surface area contributed by atoms with Gasteiger partial charge in [-0.15, -0.1) is 0 Å². The van der Waals surface area contributed by atoms with Gasteiger partial charge in [0.1, 0.15) is 0 Å². The molecule has 0 amide bonds. The van der Waals surface area contributed by atoms with Crippen LogP contribution in [0.1, 0.15) is 38.2 Å². The molecule has 1 aromatic carbocycles. The van der Waals surface area contributed by atoms with E-state index >= 15 is 0 Å². The van der Waals surface area contributed by atoms with Crippen LogP contribution >= 0.6 is 0 Å². The highest BCUT2D eigenvalue weighted by atomic mass is 32.2. The summed E-state index contributed by atoms with van der Waals surface area (Å²) >= 11 is 0. The van der Waals surface area contributed by atoms with E-state index in [4.69, 9.17) is 0 Å². The molecule has 0 saturated heterocycles. The summed E-state index contributed by atoms with van der Waals surface area (Å²) in [6.07, 6.45) is 7.51. The van der Waals surface area contributed by atoms with E-state index in [1.54, 1.807) is 13.2 Å². The van der Waals surface area contributed by atoms with Crippen molar-refractivity contribution in [1.29, 1.82) is 0 Å². The third-order valence-corrected chi connectivity index (χ3v) is 7.82. The van der Waals surface area contributed by atoms with E-state index in [0.29, 0.717) is 11.4 Å². The van der Waals surface area contributed by atoms with Crippen LogP contribution in [0.3, 0.4) is 0 Å². The average molecular weight is 444 g/mol. The minimum atomic E-state index is -3.76. The second-order valence-electron chi connectivity index (χ2n) is 9.09. The van der Waals surface area contributed by atoms with Gasteiger partial charge in [-0.3, -0.25) is 18.6 Å². The van der Waals surface area contributed by atoms with E-state index in [0.717, 1.165) is 29.5 Å².